The van der Waals surface area contributed by atoms with Crippen molar-refractivity contribution in [1.29, 1.82) is 0 Å². The summed E-state index contributed by atoms with van der Waals surface area (Å²) >= 11 is 0. The van der Waals surface area contributed by atoms with E-state index in [2.05, 4.69) is 83.6 Å². The van der Waals surface area contributed by atoms with E-state index in [9.17, 15) is 4.79 Å². The molecule has 2 aromatic heterocycles. The van der Waals surface area contributed by atoms with Crippen LogP contribution in [0.3, 0.4) is 0 Å². The van der Waals surface area contributed by atoms with Gasteiger partial charge in [-0.05, 0) is 40.8 Å². The molecule has 0 aliphatic heterocycles. The summed E-state index contributed by atoms with van der Waals surface area (Å²) < 4.78 is 2.16. The zero-order valence-electron chi connectivity index (χ0n) is 17.5. The maximum Gasteiger partial charge on any atom is 0.220 e. The predicted octanol–water partition coefficient (Wildman–Crippen LogP) is 5.17. The Kier molecular flexibility index (Phi) is 5.94. The minimum Gasteiger partial charge on any atom is -0.352 e. The first-order valence-corrected chi connectivity index (χ1v) is 10.4. The van der Waals surface area contributed by atoms with Crippen LogP contribution >= 0.6 is 0 Å². The van der Waals surface area contributed by atoms with E-state index in [-0.39, 0.29) is 17.7 Å². The molecule has 0 unspecified atom stereocenters. The lowest BCUT2D eigenvalue weighted by Crippen LogP contribution is -2.26. The van der Waals surface area contributed by atoms with Gasteiger partial charge in [0.05, 0.1) is 0 Å². The molecule has 152 valence electrons. The third-order valence-electron chi connectivity index (χ3n) is 5.90. The van der Waals surface area contributed by atoms with Crippen molar-refractivity contribution < 1.29 is 4.79 Å². The van der Waals surface area contributed by atoms with Crippen molar-refractivity contribution in [3.8, 4) is 0 Å². The molecule has 2 atom stereocenters. The highest BCUT2D eigenvalue weighted by molar-refractivity contribution is 5.86. The van der Waals surface area contributed by atoms with E-state index in [4.69, 9.17) is 0 Å². The number of pyridine rings is 1. The van der Waals surface area contributed by atoms with Crippen molar-refractivity contribution in [1.82, 2.24) is 14.9 Å². The summed E-state index contributed by atoms with van der Waals surface area (Å²) in [4.78, 5) is 17.0. The highest BCUT2D eigenvalue weighted by Gasteiger charge is 2.26. The summed E-state index contributed by atoms with van der Waals surface area (Å²) in [7, 11) is 2.07. The van der Waals surface area contributed by atoms with Crippen molar-refractivity contribution in [2.24, 2.45) is 7.05 Å². The van der Waals surface area contributed by atoms with Crippen LogP contribution in [0.2, 0.25) is 0 Å². The largest absolute Gasteiger partial charge is 0.352 e. The molecule has 0 spiro atoms. The fourth-order valence-corrected chi connectivity index (χ4v) is 4.19. The predicted molar refractivity (Wildman–Crippen MR) is 121 cm³/mol. The molecule has 0 aliphatic rings. The molecule has 2 heterocycles. The van der Waals surface area contributed by atoms with Crippen LogP contribution in [0.25, 0.3) is 10.9 Å². The lowest BCUT2D eigenvalue weighted by Gasteiger charge is -2.24. The number of para-hydroxylation sites is 1. The van der Waals surface area contributed by atoms with Crippen LogP contribution in [0.15, 0.2) is 85.3 Å². The molecule has 0 saturated carbocycles. The van der Waals surface area contributed by atoms with Gasteiger partial charge in [-0.25, -0.2) is 0 Å². The Morgan fingerprint density at radius 1 is 1.00 bits per heavy atom. The Balaban J connectivity index is 1.62. The highest BCUT2D eigenvalue weighted by atomic mass is 16.1. The second-order valence-corrected chi connectivity index (χ2v) is 7.85. The number of benzene rings is 2. The monoisotopic (exact) mass is 397 g/mol. The summed E-state index contributed by atoms with van der Waals surface area (Å²) in [5.41, 5.74) is 4.71. The van der Waals surface area contributed by atoms with Crippen LogP contribution in [-0.2, 0) is 18.4 Å². The van der Waals surface area contributed by atoms with E-state index in [1.165, 1.54) is 22.0 Å². The van der Waals surface area contributed by atoms with Crippen molar-refractivity contribution in [2.75, 3.05) is 0 Å². The topological polar surface area (TPSA) is 46.9 Å². The summed E-state index contributed by atoms with van der Waals surface area (Å²) in [5, 5.41) is 4.30. The van der Waals surface area contributed by atoms with Crippen molar-refractivity contribution in [3.05, 3.63) is 102 Å². The lowest BCUT2D eigenvalue weighted by molar-refractivity contribution is -0.121. The Labute approximate surface area is 177 Å². The number of fused-ring (bicyclic) bond motifs is 1. The molecule has 0 saturated heterocycles. The number of aromatic nitrogens is 2. The second kappa shape index (κ2) is 8.95. The molecule has 0 radical (unpaired) electrons. The number of aryl methyl sites for hydroxylation is 1. The van der Waals surface area contributed by atoms with Gasteiger partial charge < -0.3 is 9.88 Å². The molecule has 4 heteroatoms. The van der Waals surface area contributed by atoms with Gasteiger partial charge in [0.2, 0.25) is 5.91 Å². The molecule has 4 aromatic rings. The van der Waals surface area contributed by atoms with Crippen LogP contribution in [0.1, 0.15) is 41.9 Å². The number of hydrogen-bond acceptors (Lipinski definition) is 2. The van der Waals surface area contributed by atoms with Crippen molar-refractivity contribution in [3.63, 3.8) is 0 Å². The summed E-state index contributed by atoms with van der Waals surface area (Å²) in [5.74, 6) is 0.354. The second-order valence-electron chi connectivity index (χ2n) is 7.85. The van der Waals surface area contributed by atoms with Gasteiger partial charge in [0.25, 0.3) is 0 Å². The number of carbonyl (C=O) groups excluding carboxylic acids is 1. The quantitative estimate of drug-likeness (QED) is 0.468. The summed E-state index contributed by atoms with van der Waals surface area (Å²) in [6.45, 7) is 2.74. The molecule has 0 fully saturated rings. The smallest absolute Gasteiger partial charge is 0.220 e. The molecular formula is C26H27N3O. The first-order chi connectivity index (χ1) is 14.6. The molecular weight excluding hydrogens is 370 g/mol. The maximum atomic E-state index is 12.9. The van der Waals surface area contributed by atoms with E-state index in [0.717, 1.165) is 5.56 Å². The number of hydrogen-bond donors (Lipinski definition) is 1. The van der Waals surface area contributed by atoms with Crippen molar-refractivity contribution >= 4 is 16.8 Å². The Hall–Kier alpha value is -3.40. The van der Waals surface area contributed by atoms with Gasteiger partial charge in [-0.3, -0.25) is 9.78 Å². The number of rotatable bonds is 7. The molecule has 1 amide bonds. The van der Waals surface area contributed by atoms with E-state index < -0.39 is 0 Å². The first-order valence-electron chi connectivity index (χ1n) is 10.4. The van der Waals surface area contributed by atoms with Crippen LogP contribution < -0.4 is 5.32 Å². The minimum atomic E-state index is 0.0625. The molecule has 1 N–H and O–H groups in total. The normalized spacial score (nSPS) is 13.1. The van der Waals surface area contributed by atoms with Gasteiger partial charge in [0.1, 0.15) is 0 Å². The van der Waals surface area contributed by atoms with Crippen molar-refractivity contribution in [2.45, 2.75) is 31.7 Å². The van der Waals surface area contributed by atoms with Gasteiger partial charge in [-0.1, -0.05) is 55.5 Å². The van der Waals surface area contributed by atoms with E-state index in [1.807, 2.05) is 18.2 Å². The van der Waals surface area contributed by atoms with Crippen LogP contribution in [0.4, 0.5) is 0 Å². The SMILES string of the molecule is C[C@@H](c1ccccc1)[C@@H](CC(=O)NCc1ccncc1)c1cn(C)c2ccccc12. The average molecular weight is 398 g/mol. The number of carbonyl (C=O) groups is 1. The molecule has 4 nitrogen and oxygen atoms in total. The summed E-state index contributed by atoms with van der Waals surface area (Å²) in [6, 6.07) is 22.7. The molecule has 30 heavy (non-hydrogen) atoms. The highest BCUT2D eigenvalue weighted by Crippen LogP contribution is 2.39. The fourth-order valence-electron chi connectivity index (χ4n) is 4.19. The van der Waals surface area contributed by atoms with Gasteiger partial charge in [0.15, 0.2) is 0 Å². The van der Waals surface area contributed by atoms with Gasteiger partial charge in [-0.2, -0.15) is 0 Å². The van der Waals surface area contributed by atoms with Crippen LogP contribution in [0, 0.1) is 0 Å². The summed E-state index contributed by atoms with van der Waals surface area (Å²) in [6.07, 6.45) is 6.12. The fraction of sp³-hybridized carbons (Fsp3) is 0.231. The zero-order valence-corrected chi connectivity index (χ0v) is 17.5. The van der Waals surface area contributed by atoms with Crippen LogP contribution in [-0.4, -0.2) is 15.5 Å². The zero-order chi connectivity index (χ0) is 20.9. The number of nitrogens with zero attached hydrogens (tertiary/aromatic N) is 2. The Bertz CT molecular complexity index is 1120. The minimum absolute atomic E-state index is 0.0625. The maximum absolute atomic E-state index is 12.9. The lowest BCUT2D eigenvalue weighted by atomic mass is 9.80. The molecule has 0 aliphatic carbocycles. The van der Waals surface area contributed by atoms with E-state index >= 15 is 0 Å². The van der Waals surface area contributed by atoms with E-state index in [0.29, 0.717) is 13.0 Å². The average Bonchev–Trinajstić information content (AvgIpc) is 3.13. The number of amides is 1. The Morgan fingerprint density at radius 3 is 2.47 bits per heavy atom. The Morgan fingerprint density at radius 2 is 1.70 bits per heavy atom. The molecule has 2 aromatic carbocycles. The van der Waals surface area contributed by atoms with Crippen LogP contribution in [0.5, 0.6) is 0 Å². The van der Waals surface area contributed by atoms with E-state index in [1.54, 1.807) is 12.4 Å². The van der Waals surface area contributed by atoms with Gasteiger partial charge in [-0.15, -0.1) is 0 Å². The van der Waals surface area contributed by atoms with Gasteiger partial charge in [0, 0.05) is 55.4 Å². The standard InChI is InChI=1S/C26H27N3O/c1-19(21-8-4-3-5-9-21)23(16-26(30)28-17-20-12-14-27-15-13-20)24-18-29(2)25-11-7-6-10-22(24)25/h3-15,18-19,23H,16-17H2,1-2H3,(H,28,30)/t19-,23+/m0/s1. The first kappa shape index (κ1) is 19.9. The number of nitrogens with one attached hydrogen (secondary N) is 1. The van der Waals surface area contributed by atoms with Gasteiger partial charge >= 0.3 is 0 Å². The molecule has 4 rings (SSSR count). The third-order valence-corrected chi connectivity index (χ3v) is 5.90. The molecule has 0 bridgehead atoms. The third kappa shape index (κ3) is 4.28.